The SMILES string of the molecule is COc1ccccc1/C=C/C=C1\CCCC(C)C1=O. The first-order valence-corrected chi connectivity index (χ1v) is 6.77. The predicted octanol–water partition coefficient (Wildman–Crippen LogP) is 4.02. The van der Waals surface area contributed by atoms with Crippen LogP contribution in [0.2, 0.25) is 0 Å². The van der Waals surface area contributed by atoms with Gasteiger partial charge in [0, 0.05) is 11.5 Å². The molecule has 1 aliphatic carbocycles. The first-order valence-electron chi connectivity index (χ1n) is 6.77. The third kappa shape index (κ3) is 3.34. The number of rotatable bonds is 3. The summed E-state index contributed by atoms with van der Waals surface area (Å²) in [4.78, 5) is 12.0. The van der Waals surface area contributed by atoms with E-state index in [1.165, 1.54) is 0 Å². The number of methoxy groups -OCH3 is 1. The second kappa shape index (κ2) is 6.37. The molecule has 0 radical (unpaired) electrons. The van der Waals surface area contributed by atoms with E-state index in [0.29, 0.717) is 5.78 Å². The number of carbonyl (C=O) groups excluding carboxylic acids is 1. The third-order valence-electron chi connectivity index (χ3n) is 3.56. The van der Waals surface area contributed by atoms with E-state index in [0.717, 1.165) is 36.1 Å². The highest BCUT2D eigenvalue weighted by Crippen LogP contribution is 2.25. The lowest BCUT2D eigenvalue weighted by molar-refractivity contribution is -0.119. The van der Waals surface area contributed by atoms with E-state index in [-0.39, 0.29) is 5.92 Å². The summed E-state index contributed by atoms with van der Waals surface area (Å²) in [6, 6.07) is 7.85. The average molecular weight is 256 g/mol. The fourth-order valence-electron chi connectivity index (χ4n) is 2.41. The number of ether oxygens (including phenoxy) is 1. The molecule has 2 rings (SSSR count). The Bertz CT molecular complexity index is 512. The van der Waals surface area contributed by atoms with E-state index in [1.807, 2.05) is 49.4 Å². The highest BCUT2D eigenvalue weighted by Gasteiger charge is 2.21. The number of para-hydroxylation sites is 1. The molecule has 1 aromatic rings. The van der Waals surface area contributed by atoms with Gasteiger partial charge in [0.15, 0.2) is 5.78 Å². The summed E-state index contributed by atoms with van der Waals surface area (Å²) in [5, 5.41) is 0. The molecule has 19 heavy (non-hydrogen) atoms. The molecular formula is C17H20O2. The molecule has 1 aromatic carbocycles. The average Bonchev–Trinajstić information content (AvgIpc) is 2.44. The van der Waals surface area contributed by atoms with E-state index in [1.54, 1.807) is 7.11 Å². The predicted molar refractivity (Wildman–Crippen MR) is 78.1 cm³/mol. The van der Waals surface area contributed by atoms with Crippen LogP contribution < -0.4 is 4.74 Å². The van der Waals surface area contributed by atoms with Gasteiger partial charge in [-0.05, 0) is 30.9 Å². The molecule has 1 unspecified atom stereocenters. The van der Waals surface area contributed by atoms with Crippen LogP contribution in [-0.2, 0) is 4.79 Å². The van der Waals surface area contributed by atoms with Gasteiger partial charge >= 0.3 is 0 Å². The van der Waals surface area contributed by atoms with Crippen molar-refractivity contribution in [1.29, 1.82) is 0 Å². The lowest BCUT2D eigenvalue weighted by Crippen LogP contribution is -2.18. The second-order valence-electron chi connectivity index (χ2n) is 4.95. The van der Waals surface area contributed by atoms with E-state index >= 15 is 0 Å². The topological polar surface area (TPSA) is 26.3 Å². The Labute approximate surface area is 114 Å². The van der Waals surface area contributed by atoms with Crippen molar-refractivity contribution in [2.45, 2.75) is 26.2 Å². The monoisotopic (exact) mass is 256 g/mol. The van der Waals surface area contributed by atoms with Crippen molar-refractivity contribution in [1.82, 2.24) is 0 Å². The number of hydrogen-bond donors (Lipinski definition) is 0. The number of hydrogen-bond acceptors (Lipinski definition) is 2. The summed E-state index contributed by atoms with van der Waals surface area (Å²) in [7, 11) is 1.66. The molecular weight excluding hydrogens is 236 g/mol. The van der Waals surface area contributed by atoms with Crippen LogP contribution in [0.15, 0.2) is 42.0 Å². The molecule has 1 saturated carbocycles. The van der Waals surface area contributed by atoms with Crippen LogP contribution in [0, 0.1) is 5.92 Å². The Kier molecular flexibility index (Phi) is 4.56. The van der Waals surface area contributed by atoms with Gasteiger partial charge in [-0.15, -0.1) is 0 Å². The van der Waals surface area contributed by atoms with Crippen molar-refractivity contribution < 1.29 is 9.53 Å². The Morgan fingerprint density at radius 2 is 2.11 bits per heavy atom. The van der Waals surface area contributed by atoms with Crippen LogP contribution in [0.3, 0.4) is 0 Å². The first-order chi connectivity index (χ1) is 9.22. The van der Waals surface area contributed by atoms with Crippen molar-refractivity contribution >= 4 is 11.9 Å². The zero-order valence-electron chi connectivity index (χ0n) is 11.6. The molecule has 0 heterocycles. The fourth-order valence-corrected chi connectivity index (χ4v) is 2.41. The van der Waals surface area contributed by atoms with Crippen LogP contribution in [0.25, 0.3) is 6.08 Å². The number of benzene rings is 1. The zero-order chi connectivity index (χ0) is 13.7. The summed E-state index contributed by atoms with van der Waals surface area (Å²) in [6.07, 6.45) is 8.92. The van der Waals surface area contributed by atoms with Gasteiger partial charge in [0.1, 0.15) is 5.75 Å². The Morgan fingerprint density at radius 1 is 1.32 bits per heavy atom. The highest BCUT2D eigenvalue weighted by molar-refractivity contribution is 5.98. The van der Waals surface area contributed by atoms with Gasteiger partial charge in [0.05, 0.1) is 7.11 Å². The minimum atomic E-state index is 0.180. The quantitative estimate of drug-likeness (QED) is 0.763. The largest absolute Gasteiger partial charge is 0.496 e. The number of ketones is 1. The van der Waals surface area contributed by atoms with Crippen LogP contribution in [-0.4, -0.2) is 12.9 Å². The molecule has 2 nitrogen and oxygen atoms in total. The normalized spacial score (nSPS) is 22.1. The summed E-state index contributed by atoms with van der Waals surface area (Å²) < 4.78 is 5.29. The summed E-state index contributed by atoms with van der Waals surface area (Å²) in [5.74, 6) is 1.33. The van der Waals surface area contributed by atoms with Gasteiger partial charge in [-0.25, -0.2) is 0 Å². The van der Waals surface area contributed by atoms with E-state index < -0.39 is 0 Å². The molecule has 1 fully saturated rings. The van der Waals surface area contributed by atoms with E-state index in [9.17, 15) is 4.79 Å². The van der Waals surface area contributed by atoms with Crippen molar-refractivity contribution in [2.24, 2.45) is 5.92 Å². The molecule has 0 bridgehead atoms. The maximum atomic E-state index is 12.0. The Morgan fingerprint density at radius 3 is 2.89 bits per heavy atom. The molecule has 1 aliphatic rings. The maximum absolute atomic E-state index is 12.0. The highest BCUT2D eigenvalue weighted by atomic mass is 16.5. The van der Waals surface area contributed by atoms with Gasteiger partial charge in [-0.3, -0.25) is 4.79 Å². The van der Waals surface area contributed by atoms with E-state index in [2.05, 4.69) is 0 Å². The fraction of sp³-hybridized carbons (Fsp3) is 0.353. The van der Waals surface area contributed by atoms with Gasteiger partial charge in [-0.1, -0.05) is 43.4 Å². The summed E-state index contributed by atoms with van der Waals surface area (Å²) in [6.45, 7) is 2.01. The number of carbonyl (C=O) groups is 1. The maximum Gasteiger partial charge on any atom is 0.161 e. The smallest absolute Gasteiger partial charge is 0.161 e. The molecule has 0 aromatic heterocycles. The molecule has 0 amide bonds. The molecule has 2 heteroatoms. The van der Waals surface area contributed by atoms with Crippen LogP contribution in [0.4, 0.5) is 0 Å². The van der Waals surface area contributed by atoms with Crippen molar-refractivity contribution in [3.05, 3.63) is 47.6 Å². The number of allylic oxidation sites excluding steroid dienone is 3. The van der Waals surface area contributed by atoms with Crippen LogP contribution >= 0.6 is 0 Å². The minimum absolute atomic E-state index is 0.180. The summed E-state index contributed by atoms with van der Waals surface area (Å²) in [5.41, 5.74) is 1.98. The van der Waals surface area contributed by atoms with E-state index in [4.69, 9.17) is 4.74 Å². The van der Waals surface area contributed by atoms with Crippen molar-refractivity contribution in [2.75, 3.05) is 7.11 Å². The number of Topliss-reactive ketones (excluding diaryl/α,β-unsaturated/α-hetero) is 1. The van der Waals surface area contributed by atoms with Crippen LogP contribution in [0.5, 0.6) is 5.75 Å². The molecule has 0 spiro atoms. The van der Waals surface area contributed by atoms with Gasteiger partial charge in [-0.2, -0.15) is 0 Å². The van der Waals surface area contributed by atoms with Gasteiger partial charge < -0.3 is 4.74 Å². The zero-order valence-corrected chi connectivity index (χ0v) is 11.6. The molecule has 0 aliphatic heterocycles. The third-order valence-corrected chi connectivity index (χ3v) is 3.56. The van der Waals surface area contributed by atoms with Crippen molar-refractivity contribution in [3.63, 3.8) is 0 Å². The van der Waals surface area contributed by atoms with Crippen LogP contribution in [0.1, 0.15) is 31.7 Å². The van der Waals surface area contributed by atoms with Gasteiger partial charge in [0.25, 0.3) is 0 Å². The van der Waals surface area contributed by atoms with Gasteiger partial charge in [0.2, 0.25) is 0 Å². The lowest BCUT2D eigenvalue weighted by Gasteiger charge is -2.18. The molecule has 100 valence electrons. The summed E-state index contributed by atoms with van der Waals surface area (Å²) >= 11 is 0. The Balaban J connectivity index is 2.12. The molecule has 0 saturated heterocycles. The standard InChI is InChI=1S/C17H20O2/c1-13-7-5-10-15(17(13)18)11-6-9-14-8-3-4-12-16(14)19-2/h3-4,6,8-9,11-13H,5,7,10H2,1-2H3/b9-6+,15-11+. The molecule has 0 N–H and O–H groups in total. The molecule has 1 atom stereocenters. The first kappa shape index (κ1) is 13.6. The minimum Gasteiger partial charge on any atom is -0.496 e. The van der Waals surface area contributed by atoms with Crippen molar-refractivity contribution in [3.8, 4) is 5.75 Å². The Hall–Kier alpha value is -1.83. The lowest BCUT2D eigenvalue weighted by atomic mass is 9.85. The second-order valence-corrected chi connectivity index (χ2v) is 4.95.